The molecular formula is C11H18N2O3S. The van der Waals surface area contributed by atoms with Crippen molar-refractivity contribution < 1.29 is 9.90 Å². The van der Waals surface area contributed by atoms with Crippen LogP contribution >= 0.6 is 11.3 Å². The van der Waals surface area contributed by atoms with Gasteiger partial charge in [0.1, 0.15) is 6.54 Å². The fraction of sp³-hybridized carbons (Fsp3) is 0.636. The van der Waals surface area contributed by atoms with Crippen molar-refractivity contribution in [3.63, 3.8) is 0 Å². The van der Waals surface area contributed by atoms with E-state index in [2.05, 4.69) is 0 Å². The highest BCUT2D eigenvalue weighted by molar-refractivity contribution is 7.07. The number of nitrogens with zero attached hydrogens (tertiary/aromatic N) is 2. The van der Waals surface area contributed by atoms with Gasteiger partial charge in [0.05, 0.1) is 6.61 Å². The van der Waals surface area contributed by atoms with Crippen LogP contribution in [0.3, 0.4) is 0 Å². The number of thiazole rings is 1. The van der Waals surface area contributed by atoms with Gasteiger partial charge in [0.25, 0.3) is 0 Å². The first-order valence-corrected chi connectivity index (χ1v) is 6.40. The van der Waals surface area contributed by atoms with Crippen LogP contribution < -0.4 is 4.87 Å². The van der Waals surface area contributed by atoms with Crippen LogP contribution in [0.1, 0.15) is 19.5 Å². The monoisotopic (exact) mass is 258 g/mol. The molecule has 0 aliphatic rings. The molecule has 0 aliphatic heterocycles. The summed E-state index contributed by atoms with van der Waals surface area (Å²) in [6.45, 7) is 5.85. The molecule has 0 bridgehead atoms. The molecular weight excluding hydrogens is 240 g/mol. The summed E-state index contributed by atoms with van der Waals surface area (Å²) in [6.07, 6.45) is 0. The molecule has 17 heavy (non-hydrogen) atoms. The largest absolute Gasteiger partial charge is 0.395 e. The molecule has 0 fully saturated rings. The second-order valence-electron chi connectivity index (χ2n) is 4.13. The van der Waals surface area contributed by atoms with Gasteiger partial charge in [0.2, 0.25) is 5.91 Å². The van der Waals surface area contributed by atoms with Gasteiger partial charge in [-0.15, -0.1) is 0 Å². The first kappa shape index (κ1) is 13.9. The maximum Gasteiger partial charge on any atom is 0.307 e. The molecule has 0 radical (unpaired) electrons. The number of aliphatic hydroxyl groups excluding tert-OH is 1. The average Bonchev–Trinajstić information content (AvgIpc) is 2.57. The molecule has 0 spiro atoms. The summed E-state index contributed by atoms with van der Waals surface area (Å²) in [4.78, 5) is 24.9. The molecule has 1 aromatic heterocycles. The molecule has 1 rings (SSSR count). The molecule has 0 aromatic carbocycles. The number of hydrogen-bond acceptors (Lipinski definition) is 4. The van der Waals surface area contributed by atoms with E-state index in [1.807, 2.05) is 13.8 Å². The molecule has 0 saturated heterocycles. The van der Waals surface area contributed by atoms with Gasteiger partial charge in [0.15, 0.2) is 0 Å². The lowest BCUT2D eigenvalue weighted by atomic mass is 10.3. The zero-order valence-corrected chi connectivity index (χ0v) is 11.2. The van der Waals surface area contributed by atoms with E-state index >= 15 is 0 Å². The van der Waals surface area contributed by atoms with E-state index in [-0.39, 0.29) is 30.0 Å². The van der Waals surface area contributed by atoms with E-state index in [1.54, 1.807) is 17.2 Å². The third-order valence-corrected chi connectivity index (χ3v) is 3.44. The number of aryl methyl sites for hydroxylation is 1. The van der Waals surface area contributed by atoms with E-state index in [1.165, 1.54) is 4.57 Å². The van der Waals surface area contributed by atoms with E-state index in [9.17, 15) is 9.59 Å². The van der Waals surface area contributed by atoms with Gasteiger partial charge >= 0.3 is 4.87 Å². The predicted molar refractivity (Wildman–Crippen MR) is 67.3 cm³/mol. The van der Waals surface area contributed by atoms with Crippen molar-refractivity contribution in [1.29, 1.82) is 0 Å². The minimum atomic E-state index is -0.141. The maximum absolute atomic E-state index is 12.0. The highest BCUT2D eigenvalue weighted by Crippen LogP contribution is 2.04. The Morgan fingerprint density at radius 3 is 2.65 bits per heavy atom. The van der Waals surface area contributed by atoms with Crippen LogP contribution in [-0.2, 0) is 11.3 Å². The van der Waals surface area contributed by atoms with Crippen LogP contribution in [0.15, 0.2) is 10.2 Å². The number of carbonyl (C=O) groups is 1. The van der Waals surface area contributed by atoms with Crippen LogP contribution in [0, 0.1) is 6.92 Å². The van der Waals surface area contributed by atoms with Crippen molar-refractivity contribution in [2.24, 2.45) is 0 Å². The Kier molecular flexibility index (Phi) is 4.89. The van der Waals surface area contributed by atoms with Crippen LogP contribution in [0.5, 0.6) is 0 Å². The molecule has 6 heteroatoms. The topological polar surface area (TPSA) is 62.5 Å². The third kappa shape index (κ3) is 3.41. The van der Waals surface area contributed by atoms with Gasteiger partial charge in [-0.2, -0.15) is 0 Å². The van der Waals surface area contributed by atoms with E-state index in [4.69, 9.17) is 5.11 Å². The van der Waals surface area contributed by atoms with Crippen molar-refractivity contribution in [2.75, 3.05) is 13.2 Å². The Morgan fingerprint density at radius 2 is 2.24 bits per heavy atom. The predicted octanol–water partition coefficient (Wildman–Crippen LogP) is 0.448. The highest BCUT2D eigenvalue weighted by atomic mass is 32.1. The number of aromatic nitrogens is 1. The summed E-state index contributed by atoms with van der Waals surface area (Å²) < 4.78 is 1.46. The lowest BCUT2D eigenvalue weighted by Gasteiger charge is -2.26. The Balaban J connectivity index is 2.80. The molecule has 0 atom stereocenters. The van der Waals surface area contributed by atoms with Gasteiger partial charge < -0.3 is 10.0 Å². The molecule has 1 amide bonds. The van der Waals surface area contributed by atoms with Gasteiger partial charge in [-0.05, 0) is 20.8 Å². The summed E-state index contributed by atoms with van der Waals surface area (Å²) in [5, 5.41) is 10.6. The molecule has 1 N–H and O–H groups in total. The van der Waals surface area contributed by atoms with Gasteiger partial charge in [-0.25, -0.2) is 0 Å². The molecule has 5 nitrogen and oxygen atoms in total. The fourth-order valence-corrected chi connectivity index (χ4v) is 2.34. The summed E-state index contributed by atoms with van der Waals surface area (Å²) in [5.74, 6) is -0.141. The van der Waals surface area contributed by atoms with Crippen molar-refractivity contribution in [3.8, 4) is 0 Å². The van der Waals surface area contributed by atoms with Crippen LogP contribution in [0.25, 0.3) is 0 Å². The second kappa shape index (κ2) is 5.97. The third-order valence-electron chi connectivity index (χ3n) is 2.55. The summed E-state index contributed by atoms with van der Waals surface area (Å²) in [5.41, 5.74) is 0.793. The Morgan fingerprint density at radius 1 is 1.59 bits per heavy atom. The molecule has 0 saturated carbocycles. The normalized spacial score (nSPS) is 10.9. The summed E-state index contributed by atoms with van der Waals surface area (Å²) >= 11 is 1.09. The average molecular weight is 258 g/mol. The minimum Gasteiger partial charge on any atom is -0.395 e. The van der Waals surface area contributed by atoms with E-state index < -0.39 is 0 Å². The fourth-order valence-electron chi connectivity index (χ4n) is 1.60. The number of rotatable bonds is 5. The highest BCUT2D eigenvalue weighted by Gasteiger charge is 2.18. The zero-order valence-electron chi connectivity index (χ0n) is 10.3. The van der Waals surface area contributed by atoms with Crippen molar-refractivity contribution >= 4 is 17.2 Å². The van der Waals surface area contributed by atoms with Gasteiger partial charge in [-0.1, -0.05) is 11.3 Å². The van der Waals surface area contributed by atoms with Gasteiger partial charge in [0, 0.05) is 23.7 Å². The second-order valence-corrected chi connectivity index (χ2v) is 4.95. The minimum absolute atomic E-state index is 0.0179. The van der Waals surface area contributed by atoms with Crippen LogP contribution in [0.2, 0.25) is 0 Å². The molecule has 0 aliphatic carbocycles. The first-order valence-electron chi connectivity index (χ1n) is 5.52. The Labute approximate surface area is 104 Å². The quantitative estimate of drug-likeness (QED) is 0.834. The smallest absolute Gasteiger partial charge is 0.307 e. The number of carbonyl (C=O) groups excluding carboxylic acids is 1. The van der Waals surface area contributed by atoms with Crippen molar-refractivity contribution in [3.05, 3.63) is 20.7 Å². The molecule has 1 aromatic rings. The van der Waals surface area contributed by atoms with Crippen molar-refractivity contribution in [1.82, 2.24) is 9.47 Å². The van der Waals surface area contributed by atoms with Crippen molar-refractivity contribution in [2.45, 2.75) is 33.4 Å². The number of amides is 1. The zero-order chi connectivity index (χ0) is 13.0. The van der Waals surface area contributed by atoms with Crippen LogP contribution in [0.4, 0.5) is 0 Å². The maximum atomic E-state index is 12.0. The Bertz CT molecular complexity index is 436. The molecule has 0 unspecified atom stereocenters. The lowest BCUT2D eigenvalue weighted by Crippen LogP contribution is -2.42. The molecule has 1 heterocycles. The number of aliphatic hydroxyl groups is 1. The number of hydrogen-bond donors (Lipinski definition) is 1. The van der Waals surface area contributed by atoms with Crippen LogP contribution in [-0.4, -0.2) is 39.7 Å². The standard InChI is InChI=1S/C11H18N2O3S/c1-8(2)12(4-5-14)10(15)6-13-9(3)7-17-11(13)16/h7-8,14H,4-6H2,1-3H3. The van der Waals surface area contributed by atoms with E-state index in [0.29, 0.717) is 6.54 Å². The Hall–Kier alpha value is -1.14. The summed E-state index contributed by atoms with van der Waals surface area (Å²) in [7, 11) is 0. The lowest BCUT2D eigenvalue weighted by molar-refractivity contribution is -0.134. The SMILES string of the molecule is Cc1csc(=O)n1CC(=O)N(CCO)C(C)C. The molecule has 96 valence electrons. The van der Waals surface area contributed by atoms with E-state index in [0.717, 1.165) is 17.0 Å². The first-order chi connectivity index (χ1) is 7.97. The van der Waals surface area contributed by atoms with Gasteiger partial charge in [-0.3, -0.25) is 14.2 Å². The summed E-state index contributed by atoms with van der Waals surface area (Å²) in [6, 6.07) is 0.0179.